The second kappa shape index (κ2) is 9.42. The molecule has 2 heterocycles. The minimum Gasteiger partial charge on any atom is -0.478 e. The standard InChI is InChI=1S/C27H23FN4O5S/c1-15(2)29-27-31-30-25(37-27)17-7-11-24-21(12-17)22(20-10-6-18(26(33)34)13-23(20)28)14-32(24)38(35,36)19-8-4-16(3)5-9-19/h4-15H,1-3H3,(H,29,31)(H,33,34). The summed E-state index contributed by atoms with van der Waals surface area (Å²) in [6.07, 6.45) is 1.34. The SMILES string of the molecule is Cc1ccc(S(=O)(=O)n2cc(-c3ccc(C(=O)O)cc3F)c3cc(-c4nnc(NC(C)C)o4)ccc32)cc1. The van der Waals surface area contributed by atoms with Crippen LogP contribution in [0.25, 0.3) is 33.5 Å². The average molecular weight is 535 g/mol. The van der Waals surface area contributed by atoms with Crippen molar-refractivity contribution in [3.05, 3.63) is 83.8 Å². The highest BCUT2D eigenvalue weighted by molar-refractivity contribution is 7.90. The lowest BCUT2D eigenvalue weighted by Gasteiger charge is -2.08. The predicted molar refractivity (Wildman–Crippen MR) is 140 cm³/mol. The summed E-state index contributed by atoms with van der Waals surface area (Å²) in [6.45, 7) is 5.69. The zero-order valence-corrected chi connectivity index (χ0v) is 21.5. The van der Waals surface area contributed by atoms with Crippen LogP contribution in [0.1, 0.15) is 29.8 Å². The van der Waals surface area contributed by atoms with E-state index in [4.69, 9.17) is 4.42 Å². The van der Waals surface area contributed by atoms with Gasteiger partial charge < -0.3 is 14.8 Å². The summed E-state index contributed by atoms with van der Waals surface area (Å²) in [5.74, 6) is -1.88. The fourth-order valence-corrected chi connectivity index (χ4v) is 5.45. The lowest BCUT2D eigenvalue weighted by Crippen LogP contribution is -2.11. The van der Waals surface area contributed by atoms with Gasteiger partial charge in [-0.2, -0.15) is 0 Å². The number of anilines is 1. The second-order valence-electron chi connectivity index (χ2n) is 9.10. The molecule has 11 heteroatoms. The molecule has 0 amide bonds. The highest BCUT2D eigenvalue weighted by atomic mass is 32.2. The summed E-state index contributed by atoms with van der Waals surface area (Å²) in [6, 6.07) is 15.1. The molecular weight excluding hydrogens is 511 g/mol. The summed E-state index contributed by atoms with van der Waals surface area (Å²) in [5, 5.41) is 20.7. The maximum atomic E-state index is 15.2. The molecule has 5 aromatic rings. The first-order chi connectivity index (χ1) is 18.0. The van der Waals surface area contributed by atoms with Gasteiger partial charge in [-0.05, 0) is 63.2 Å². The van der Waals surface area contributed by atoms with Gasteiger partial charge in [0.25, 0.3) is 10.0 Å². The van der Waals surface area contributed by atoms with Crippen LogP contribution >= 0.6 is 0 Å². The van der Waals surface area contributed by atoms with E-state index in [0.717, 1.165) is 15.6 Å². The molecule has 0 aliphatic heterocycles. The van der Waals surface area contributed by atoms with E-state index in [1.807, 2.05) is 20.8 Å². The molecule has 0 aliphatic rings. The van der Waals surface area contributed by atoms with E-state index in [2.05, 4.69) is 15.5 Å². The molecule has 0 saturated carbocycles. The van der Waals surface area contributed by atoms with Gasteiger partial charge in [0.1, 0.15) is 5.82 Å². The van der Waals surface area contributed by atoms with E-state index >= 15 is 4.39 Å². The van der Waals surface area contributed by atoms with Crippen molar-refractivity contribution in [2.75, 3.05) is 5.32 Å². The number of halogens is 1. The number of rotatable bonds is 7. The first-order valence-electron chi connectivity index (χ1n) is 11.7. The van der Waals surface area contributed by atoms with Gasteiger partial charge in [0.2, 0.25) is 5.89 Å². The van der Waals surface area contributed by atoms with Crippen molar-refractivity contribution in [1.82, 2.24) is 14.2 Å². The van der Waals surface area contributed by atoms with E-state index < -0.39 is 21.8 Å². The molecule has 38 heavy (non-hydrogen) atoms. The number of nitrogens with zero attached hydrogens (tertiary/aromatic N) is 3. The molecule has 194 valence electrons. The third-order valence-electron chi connectivity index (χ3n) is 5.94. The van der Waals surface area contributed by atoms with Crippen LogP contribution in [0.5, 0.6) is 0 Å². The number of benzene rings is 3. The Morgan fingerprint density at radius 2 is 1.76 bits per heavy atom. The molecule has 2 aromatic heterocycles. The fraction of sp³-hybridized carbons (Fsp3) is 0.148. The fourth-order valence-electron chi connectivity index (χ4n) is 4.08. The van der Waals surface area contributed by atoms with Crippen LogP contribution < -0.4 is 5.32 Å². The van der Waals surface area contributed by atoms with E-state index in [1.165, 1.54) is 30.5 Å². The van der Waals surface area contributed by atoms with Crippen molar-refractivity contribution >= 4 is 32.9 Å². The van der Waals surface area contributed by atoms with Gasteiger partial charge in [-0.1, -0.05) is 28.9 Å². The summed E-state index contributed by atoms with van der Waals surface area (Å²) >= 11 is 0. The van der Waals surface area contributed by atoms with Crippen LogP contribution in [0.2, 0.25) is 0 Å². The summed E-state index contributed by atoms with van der Waals surface area (Å²) < 4.78 is 49.2. The first-order valence-corrected chi connectivity index (χ1v) is 13.1. The first kappa shape index (κ1) is 25.2. The van der Waals surface area contributed by atoms with Crippen molar-refractivity contribution < 1.29 is 27.1 Å². The molecular formula is C27H23FN4O5S. The number of carbonyl (C=O) groups is 1. The van der Waals surface area contributed by atoms with E-state index in [1.54, 1.807) is 30.3 Å². The Kier molecular flexibility index (Phi) is 6.23. The molecule has 2 N–H and O–H groups in total. The lowest BCUT2D eigenvalue weighted by molar-refractivity contribution is 0.0696. The van der Waals surface area contributed by atoms with Crippen LogP contribution in [0.4, 0.5) is 10.4 Å². The molecule has 0 fully saturated rings. The number of aryl methyl sites for hydroxylation is 1. The van der Waals surface area contributed by atoms with Gasteiger partial charge in [0, 0.05) is 34.3 Å². The normalized spacial score (nSPS) is 11.8. The zero-order valence-electron chi connectivity index (χ0n) is 20.6. The largest absolute Gasteiger partial charge is 0.478 e. The van der Waals surface area contributed by atoms with E-state index in [0.29, 0.717) is 16.5 Å². The lowest BCUT2D eigenvalue weighted by atomic mass is 10.0. The molecule has 0 radical (unpaired) electrons. The van der Waals surface area contributed by atoms with Crippen LogP contribution in [0.15, 0.2) is 76.2 Å². The molecule has 3 aromatic carbocycles. The second-order valence-corrected chi connectivity index (χ2v) is 10.9. The maximum absolute atomic E-state index is 15.2. The third-order valence-corrected chi connectivity index (χ3v) is 7.63. The van der Waals surface area contributed by atoms with E-state index in [9.17, 15) is 18.3 Å². The van der Waals surface area contributed by atoms with Gasteiger partial charge >= 0.3 is 12.0 Å². The molecule has 0 aliphatic carbocycles. The van der Waals surface area contributed by atoms with Crippen molar-refractivity contribution in [3.63, 3.8) is 0 Å². The molecule has 0 saturated heterocycles. The summed E-state index contributed by atoms with van der Waals surface area (Å²) in [5.41, 5.74) is 1.77. The number of nitrogens with one attached hydrogen (secondary N) is 1. The number of hydrogen-bond acceptors (Lipinski definition) is 7. The predicted octanol–water partition coefficient (Wildman–Crippen LogP) is 5.56. The molecule has 9 nitrogen and oxygen atoms in total. The Hall–Kier alpha value is -4.51. The van der Waals surface area contributed by atoms with Crippen molar-refractivity contribution in [2.24, 2.45) is 0 Å². The van der Waals surface area contributed by atoms with Gasteiger partial charge in [-0.25, -0.2) is 21.6 Å². The number of aromatic nitrogens is 3. The quantitative estimate of drug-likeness (QED) is 0.278. The summed E-state index contributed by atoms with van der Waals surface area (Å²) in [7, 11) is -4.05. The van der Waals surface area contributed by atoms with Crippen molar-refractivity contribution in [2.45, 2.75) is 31.7 Å². The number of aromatic carboxylic acids is 1. The smallest absolute Gasteiger partial charge is 0.335 e. The molecule has 0 bridgehead atoms. The molecule has 0 unspecified atom stereocenters. The van der Waals surface area contributed by atoms with Gasteiger partial charge in [-0.3, -0.25) is 0 Å². The van der Waals surface area contributed by atoms with Crippen molar-refractivity contribution in [3.8, 4) is 22.6 Å². The van der Waals surface area contributed by atoms with Gasteiger partial charge in [-0.15, -0.1) is 5.10 Å². The topological polar surface area (TPSA) is 127 Å². The summed E-state index contributed by atoms with van der Waals surface area (Å²) in [4.78, 5) is 11.4. The van der Waals surface area contributed by atoms with Gasteiger partial charge in [0.15, 0.2) is 0 Å². The highest BCUT2D eigenvalue weighted by Gasteiger charge is 2.24. The van der Waals surface area contributed by atoms with Crippen LogP contribution in [0, 0.1) is 12.7 Å². The number of hydrogen-bond donors (Lipinski definition) is 2. The van der Waals surface area contributed by atoms with Crippen LogP contribution in [0.3, 0.4) is 0 Å². The van der Waals surface area contributed by atoms with Crippen molar-refractivity contribution in [1.29, 1.82) is 0 Å². The molecule has 5 rings (SSSR count). The van der Waals surface area contributed by atoms with Gasteiger partial charge in [0.05, 0.1) is 16.0 Å². The Bertz CT molecular complexity index is 1790. The Morgan fingerprint density at radius 1 is 1.03 bits per heavy atom. The molecule has 0 atom stereocenters. The van der Waals surface area contributed by atoms with Crippen LogP contribution in [-0.4, -0.2) is 39.7 Å². The maximum Gasteiger partial charge on any atom is 0.335 e. The number of carboxylic acid groups (broad SMARTS) is 1. The van der Waals surface area contributed by atoms with Crippen LogP contribution in [-0.2, 0) is 10.0 Å². The zero-order chi connectivity index (χ0) is 27.2. The third kappa shape index (κ3) is 4.52. The Morgan fingerprint density at radius 3 is 2.42 bits per heavy atom. The monoisotopic (exact) mass is 534 g/mol. The highest BCUT2D eigenvalue weighted by Crippen LogP contribution is 2.37. The Labute approximate surface area is 217 Å². The number of fused-ring (bicyclic) bond motifs is 1. The minimum atomic E-state index is -4.05. The Balaban J connectivity index is 1.73. The molecule has 0 spiro atoms. The minimum absolute atomic E-state index is 0.0442. The number of carboxylic acids is 1. The average Bonchev–Trinajstić information content (AvgIpc) is 3.48. The van der Waals surface area contributed by atoms with E-state index in [-0.39, 0.29) is 39.5 Å².